The second-order valence-electron chi connectivity index (χ2n) is 4.25. The molecule has 1 heteroatoms. The lowest BCUT2D eigenvalue weighted by molar-refractivity contribution is 0.856. The summed E-state index contributed by atoms with van der Waals surface area (Å²) in [6, 6.07) is 18.9. The summed E-state index contributed by atoms with van der Waals surface area (Å²) in [6.45, 7) is 3.08. The molecule has 1 N–H and O–H groups in total. The first-order valence-electron chi connectivity index (χ1n) is 6.42. The molecule has 0 saturated carbocycles. The largest absolute Gasteiger partial charge is 0.387 e. The molecule has 2 aromatic carbocycles. The van der Waals surface area contributed by atoms with Crippen LogP contribution in [-0.4, -0.2) is 0 Å². The highest BCUT2D eigenvalue weighted by atomic mass is 14.8. The summed E-state index contributed by atoms with van der Waals surface area (Å²) in [5.41, 5.74) is 4.00. The summed E-state index contributed by atoms with van der Waals surface area (Å²) in [5.74, 6) is 0. The standard InChI is InChI=1S/C17H19N/c1-2-16-10-6-7-11-17(16)14-18-13-12-15-8-4-3-5-9-15/h3-13,18H,2,14H2,1H3. The average Bonchev–Trinajstić information content (AvgIpc) is 2.45. The third-order valence-corrected chi connectivity index (χ3v) is 2.99. The quantitative estimate of drug-likeness (QED) is 0.828. The second-order valence-corrected chi connectivity index (χ2v) is 4.25. The topological polar surface area (TPSA) is 12.0 Å². The molecule has 92 valence electrons. The van der Waals surface area contributed by atoms with E-state index in [0.29, 0.717) is 0 Å². The van der Waals surface area contributed by atoms with Crippen LogP contribution in [0.2, 0.25) is 0 Å². The van der Waals surface area contributed by atoms with E-state index in [-0.39, 0.29) is 0 Å². The lowest BCUT2D eigenvalue weighted by Crippen LogP contribution is -2.06. The fourth-order valence-electron chi connectivity index (χ4n) is 1.96. The van der Waals surface area contributed by atoms with Crippen LogP contribution < -0.4 is 5.32 Å². The molecule has 0 radical (unpaired) electrons. The molecule has 1 nitrogen and oxygen atoms in total. The van der Waals surface area contributed by atoms with Gasteiger partial charge in [-0.2, -0.15) is 0 Å². The van der Waals surface area contributed by atoms with Crippen LogP contribution in [0.5, 0.6) is 0 Å². The fourth-order valence-corrected chi connectivity index (χ4v) is 1.96. The van der Waals surface area contributed by atoms with Gasteiger partial charge in [-0.15, -0.1) is 0 Å². The van der Waals surface area contributed by atoms with Gasteiger partial charge in [-0.05, 0) is 35.4 Å². The maximum atomic E-state index is 3.34. The highest BCUT2D eigenvalue weighted by molar-refractivity contribution is 5.48. The van der Waals surface area contributed by atoms with Gasteiger partial charge in [0.05, 0.1) is 0 Å². The normalized spacial score (nSPS) is 10.7. The number of hydrogen-bond acceptors (Lipinski definition) is 1. The Bertz CT molecular complexity index is 500. The number of hydrogen-bond donors (Lipinski definition) is 1. The van der Waals surface area contributed by atoms with Crippen molar-refractivity contribution >= 4 is 6.08 Å². The summed E-state index contributed by atoms with van der Waals surface area (Å²) in [7, 11) is 0. The predicted molar refractivity (Wildman–Crippen MR) is 78.1 cm³/mol. The minimum Gasteiger partial charge on any atom is -0.387 e. The molecule has 0 amide bonds. The van der Waals surface area contributed by atoms with E-state index in [0.717, 1.165) is 13.0 Å². The molecule has 0 aliphatic rings. The van der Waals surface area contributed by atoms with E-state index < -0.39 is 0 Å². The Morgan fingerprint density at radius 2 is 1.56 bits per heavy atom. The fraction of sp³-hybridized carbons (Fsp3) is 0.176. The Morgan fingerprint density at radius 1 is 0.889 bits per heavy atom. The molecule has 2 aromatic rings. The van der Waals surface area contributed by atoms with Crippen LogP contribution in [0.3, 0.4) is 0 Å². The van der Waals surface area contributed by atoms with Gasteiger partial charge in [-0.25, -0.2) is 0 Å². The summed E-state index contributed by atoms with van der Waals surface area (Å²) >= 11 is 0. The molecule has 0 bridgehead atoms. The van der Waals surface area contributed by atoms with Crippen molar-refractivity contribution in [3.05, 3.63) is 77.5 Å². The van der Waals surface area contributed by atoms with Crippen molar-refractivity contribution in [3.63, 3.8) is 0 Å². The van der Waals surface area contributed by atoms with E-state index in [1.807, 2.05) is 24.4 Å². The van der Waals surface area contributed by atoms with E-state index in [2.05, 4.69) is 54.7 Å². The van der Waals surface area contributed by atoms with Crippen LogP contribution >= 0.6 is 0 Å². The Kier molecular flexibility index (Phi) is 4.60. The number of nitrogens with one attached hydrogen (secondary N) is 1. The minimum absolute atomic E-state index is 0.882. The third-order valence-electron chi connectivity index (χ3n) is 2.99. The zero-order chi connectivity index (χ0) is 12.6. The molecule has 0 aliphatic heterocycles. The maximum absolute atomic E-state index is 3.34. The van der Waals surface area contributed by atoms with Crippen LogP contribution in [0.25, 0.3) is 6.08 Å². The molecule has 0 fully saturated rings. The van der Waals surface area contributed by atoms with Gasteiger partial charge < -0.3 is 5.32 Å². The molecular weight excluding hydrogens is 218 g/mol. The van der Waals surface area contributed by atoms with Crippen LogP contribution in [0.4, 0.5) is 0 Å². The van der Waals surface area contributed by atoms with Gasteiger partial charge in [0.2, 0.25) is 0 Å². The molecule has 0 saturated heterocycles. The van der Waals surface area contributed by atoms with Crippen molar-refractivity contribution in [2.75, 3.05) is 0 Å². The Morgan fingerprint density at radius 3 is 2.28 bits per heavy atom. The molecule has 0 atom stereocenters. The summed E-state index contributed by atoms with van der Waals surface area (Å²) in [5, 5.41) is 3.34. The van der Waals surface area contributed by atoms with Crippen molar-refractivity contribution in [1.82, 2.24) is 5.32 Å². The van der Waals surface area contributed by atoms with Gasteiger partial charge >= 0.3 is 0 Å². The van der Waals surface area contributed by atoms with Gasteiger partial charge in [0.1, 0.15) is 0 Å². The SMILES string of the molecule is CCc1ccccc1CNC=Cc1ccccc1. The number of aryl methyl sites for hydroxylation is 1. The molecule has 0 unspecified atom stereocenters. The Labute approximate surface area is 109 Å². The lowest BCUT2D eigenvalue weighted by atomic mass is 10.1. The van der Waals surface area contributed by atoms with Gasteiger partial charge in [0.25, 0.3) is 0 Å². The molecule has 0 aliphatic carbocycles. The monoisotopic (exact) mass is 237 g/mol. The highest BCUT2D eigenvalue weighted by Gasteiger charge is 1.96. The van der Waals surface area contributed by atoms with Crippen LogP contribution in [0.1, 0.15) is 23.6 Å². The van der Waals surface area contributed by atoms with E-state index in [1.54, 1.807) is 0 Å². The summed E-state index contributed by atoms with van der Waals surface area (Å²) < 4.78 is 0. The average molecular weight is 237 g/mol. The van der Waals surface area contributed by atoms with E-state index in [9.17, 15) is 0 Å². The first-order valence-corrected chi connectivity index (χ1v) is 6.42. The van der Waals surface area contributed by atoms with Crippen molar-refractivity contribution in [3.8, 4) is 0 Å². The molecule has 0 heterocycles. The second kappa shape index (κ2) is 6.65. The highest BCUT2D eigenvalue weighted by Crippen LogP contribution is 2.09. The zero-order valence-electron chi connectivity index (χ0n) is 10.8. The van der Waals surface area contributed by atoms with E-state index in [4.69, 9.17) is 0 Å². The lowest BCUT2D eigenvalue weighted by Gasteiger charge is -2.07. The van der Waals surface area contributed by atoms with E-state index >= 15 is 0 Å². The van der Waals surface area contributed by atoms with Crippen molar-refractivity contribution in [1.29, 1.82) is 0 Å². The van der Waals surface area contributed by atoms with Gasteiger partial charge in [-0.3, -0.25) is 0 Å². The van der Waals surface area contributed by atoms with E-state index in [1.165, 1.54) is 16.7 Å². The summed E-state index contributed by atoms with van der Waals surface area (Å²) in [4.78, 5) is 0. The van der Waals surface area contributed by atoms with Crippen LogP contribution in [0, 0.1) is 0 Å². The molecule has 18 heavy (non-hydrogen) atoms. The van der Waals surface area contributed by atoms with Crippen molar-refractivity contribution in [2.24, 2.45) is 0 Å². The zero-order valence-corrected chi connectivity index (χ0v) is 10.8. The van der Waals surface area contributed by atoms with Crippen LogP contribution in [0.15, 0.2) is 60.8 Å². The van der Waals surface area contributed by atoms with Crippen molar-refractivity contribution in [2.45, 2.75) is 19.9 Å². The number of benzene rings is 2. The Balaban J connectivity index is 1.91. The first kappa shape index (κ1) is 12.4. The van der Waals surface area contributed by atoms with Crippen LogP contribution in [-0.2, 0) is 13.0 Å². The third kappa shape index (κ3) is 3.49. The number of rotatable bonds is 5. The maximum Gasteiger partial charge on any atom is 0.0398 e. The molecular formula is C17H19N. The molecule has 0 aromatic heterocycles. The van der Waals surface area contributed by atoms with Gasteiger partial charge in [0.15, 0.2) is 0 Å². The summed E-state index contributed by atoms with van der Waals surface area (Å²) in [6.07, 6.45) is 5.19. The minimum atomic E-state index is 0.882. The van der Waals surface area contributed by atoms with Gasteiger partial charge in [-0.1, -0.05) is 61.5 Å². The van der Waals surface area contributed by atoms with Crippen molar-refractivity contribution < 1.29 is 0 Å². The van der Waals surface area contributed by atoms with Gasteiger partial charge in [0, 0.05) is 6.54 Å². The molecule has 0 spiro atoms. The smallest absolute Gasteiger partial charge is 0.0398 e. The first-order chi connectivity index (χ1) is 8.90. The molecule has 2 rings (SSSR count). The predicted octanol–water partition coefficient (Wildman–Crippen LogP) is 4.01. The Hall–Kier alpha value is -2.02.